The number of carboxylic acid groups (broad SMARTS) is 1. The Hall–Kier alpha value is -1.62. The van der Waals surface area contributed by atoms with Gasteiger partial charge in [-0.3, -0.25) is 0 Å². The van der Waals surface area contributed by atoms with Gasteiger partial charge in [-0.15, -0.1) is 0 Å². The first kappa shape index (κ1) is 12.8. The zero-order valence-corrected chi connectivity index (χ0v) is 10.3. The maximum absolute atomic E-state index is 10.7. The second-order valence-corrected chi connectivity index (χ2v) is 4.42. The van der Waals surface area contributed by atoms with E-state index >= 15 is 0 Å². The molecule has 0 saturated heterocycles. The molecule has 1 aromatic rings. The highest BCUT2D eigenvalue weighted by Gasteiger charge is 2.14. The van der Waals surface area contributed by atoms with Crippen molar-refractivity contribution >= 4 is 11.8 Å². The fourth-order valence-electron chi connectivity index (χ4n) is 2.11. The fraction of sp³-hybridized carbons (Fsp3) is 0.538. The highest BCUT2D eigenvalue weighted by Crippen LogP contribution is 2.20. The monoisotopic (exact) mass is 250 g/mol. The van der Waals surface area contributed by atoms with Crippen LogP contribution in [0.2, 0.25) is 0 Å². The molecule has 1 saturated carbocycles. The summed E-state index contributed by atoms with van der Waals surface area (Å²) in [5, 5.41) is 11.9. The number of hydrogen-bond acceptors (Lipinski definition) is 4. The van der Waals surface area contributed by atoms with Gasteiger partial charge in [-0.1, -0.05) is 18.9 Å². The summed E-state index contributed by atoms with van der Waals surface area (Å²) in [6.45, 7) is 1.27. The number of anilines is 1. The minimum absolute atomic E-state index is 0.0525. The molecule has 0 amide bonds. The molecule has 0 atom stereocenters. The van der Waals surface area contributed by atoms with Gasteiger partial charge in [0, 0.05) is 6.54 Å². The third kappa shape index (κ3) is 3.70. The number of rotatable bonds is 6. The molecule has 1 heterocycles. The number of nitrogens with zero attached hydrogens (tertiary/aromatic N) is 1. The van der Waals surface area contributed by atoms with Gasteiger partial charge in [-0.05, 0) is 25.0 Å². The van der Waals surface area contributed by atoms with Gasteiger partial charge in [0.1, 0.15) is 5.82 Å². The fourth-order valence-corrected chi connectivity index (χ4v) is 2.11. The Bertz CT molecular complexity index is 403. The van der Waals surface area contributed by atoms with E-state index in [1.54, 1.807) is 12.1 Å². The van der Waals surface area contributed by atoms with Crippen LogP contribution in [0.3, 0.4) is 0 Å². The van der Waals surface area contributed by atoms with Crippen molar-refractivity contribution in [3.8, 4) is 0 Å². The summed E-state index contributed by atoms with van der Waals surface area (Å²) in [6, 6.07) is 4.90. The summed E-state index contributed by atoms with van der Waals surface area (Å²) in [4.78, 5) is 14.7. The second-order valence-electron chi connectivity index (χ2n) is 4.42. The van der Waals surface area contributed by atoms with Crippen LogP contribution >= 0.6 is 0 Å². The summed E-state index contributed by atoms with van der Waals surface area (Å²) in [6.07, 6.45) is 5.25. The number of carbonyl (C=O) groups is 1. The van der Waals surface area contributed by atoms with Crippen molar-refractivity contribution < 1.29 is 14.6 Å². The van der Waals surface area contributed by atoms with E-state index in [0.717, 1.165) is 12.8 Å². The van der Waals surface area contributed by atoms with E-state index in [2.05, 4.69) is 10.3 Å². The molecule has 1 aliphatic carbocycles. The van der Waals surface area contributed by atoms with Crippen molar-refractivity contribution in [2.75, 3.05) is 18.5 Å². The minimum atomic E-state index is -1.01. The van der Waals surface area contributed by atoms with Crippen LogP contribution in [0.1, 0.15) is 36.2 Å². The van der Waals surface area contributed by atoms with Gasteiger partial charge in [0.05, 0.1) is 12.7 Å². The maximum Gasteiger partial charge on any atom is 0.354 e. The van der Waals surface area contributed by atoms with Gasteiger partial charge in [-0.25, -0.2) is 9.78 Å². The SMILES string of the molecule is O=C(O)c1cccc(NCCOC2CCCC2)n1. The third-order valence-electron chi connectivity index (χ3n) is 3.03. The van der Waals surface area contributed by atoms with Gasteiger partial charge >= 0.3 is 5.97 Å². The van der Waals surface area contributed by atoms with Crippen molar-refractivity contribution in [3.63, 3.8) is 0 Å². The van der Waals surface area contributed by atoms with E-state index < -0.39 is 5.97 Å². The lowest BCUT2D eigenvalue weighted by Gasteiger charge is -2.11. The molecule has 2 rings (SSSR count). The van der Waals surface area contributed by atoms with E-state index in [0.29, 0.717) is 25.1 Å². The van der Waals surface area contributed by atoms with Crippen LogP contribution in [0.4, 0.5) is 5.82 Å². The van der Waals surface area contributed by atoms with Gasteiger partial charge in [0.25, 0.3) is 0 Å². The molecule has 18 heavy (non-hydrogen) atoms. The summed E-state index contributed by atoms with van der Waals surface area (Å²) >= 11 is 0. The van der Waals surface area contributed by atoms with Gasteiger partial charge in [0.2, 0.25) is 0 Å². The Morgan fingerprint density at radius 2 is 2.22 bits per heavy atom. The smallest absolute Gasteiger partial charge is 0.354 e. The van der Waals surface area contributed by atoms with Crippen molar-refractivity contribution in [2.24, 2.45) is 0 Å². The average Bonchev–Trinajstić information content (AvgIpc) is 2.88. The molecule has 0 radical (unpaired) electrons. The number of nitrogens with one attached hydrogen (secondary N) is 1. The molecule has 5 nitrogen and oxygen atoms in total. The molecule has 98 valence electrons. The number of carboxylic acids is 1. The quantitative estimate of drug-likeness (QED) is 0.757. The van der Waals surface area contributed by atoms with E-state index in [1.165, 1.54) is 18.9 Å². The van der Waals surface area contributed by atoms with Crippen molar-refractivity contribution in [2.45, 2.75) is 31.8 Å². The van der Waals surface area contributed by atoms with Crippen LogP contribution in [-0.2, 0) is 4.74 Å². The molecule has 0 spiro atoms. The van der Waals surface area contributed by atoms with E-state index in [4.69, 9.17) is 9.84 Å². The molecular formula is C13H18N2O3. The number of aromatic nitrogens is 1. The Morgan fingerprint density at radius 1 is 1.44 bits per heavy atom. The average molecular weight is 250 g/mol. The Labute approximate surface area is 106 Å². The summed E-state index contributed by atoms with van der Waals surface area (Å²) in [5.74, 6) is -0.439. The van der Waals surface area contributed by atoms with Crippen LogP contribution in [-0.4, -0.2) is 35.3 Å². The van der Waals surface area contributed by atoms with E-state index in [9.17, 15) is 4.79 Å². The van der Waals surface area contributed by atoms with Gasteiger partial charge in [0.15, 0.2) is 5.69 Å². The first-order valence-electron chi connectivity index (χ1n) is 6.31. The zero-order chi connectivity index (χ0) is 12.8. The van der Waals surface area contributed by atoms with Crippen molar-refractivity contribution in [1.29, 1.82) is 0 Å². The molecule has 0 bridgehead atoms. The molecule has 0 aromatic carbocycles. The molecule has 1 aliphatic rings. The Balaban J connectivity index is 1.72. The summed E-state index contributed by atoms with van der Waals surface area (Å²) < 4.78 is 5.70. The summed E-state index contributed by atoms with van der Waals surface area (Å²) in [5.41, 5.74) is 0.0525. The lowest BCUT2D eigenvalue weighted by Crippen LogP contribution is -2.16. The third-order valence-corrected chi connectivity index (χ3v) is 3.03. The molecule has 1 fully saturated rings. The van der Waals surface area contributed by atoms with Crippen molar-refractivity contribution in [1.82, 2.24) is 4.98 Å². The first-order chi connectivity index (χ1) is 8.75. The highest BCUT2D eigenvalue weighted by atomic mass is 16.5. The molecule has 1 aromatic heterocycles. The lowest BCUT2D eigenvalue weighted by atomic mass is 10.3. The summed E-state index contributed by atoms with van der Waals surface area (Å²) in [7, 11) is 0. The number of ether oxygens (including phenoxy) is 1. The van der Waals surface area contributed by atoms with Crippen LogP contribution in [0.15, 0.2) is 18.2 Å². The van der Waals surface area contributed by atoms with E-state index in [-0.39, 0.29) is 5.69 Å². The Morgan fingerprint density at radius 3 is 2.94 bits per heavy atom. The highest BCUT2D eigenvalue weighted by molar-refractivity contribution is 5.85. The van der Waals surface area contributed by atoms with Crippen LogP contribution in [0, 0.1) is 0 Å². The largest absolute Gasteiger partial charge is 0.477 e. The lowest BCUT2D eigenvalue weighted by molar-refractivity contribution is 0.0658. The normalized spacial score (nSPS) is 15.8. The van der Waals surface area contributed by atoms with Crippen molar-refractivity contribution in [3.05, 3.63) is 23.9 Å². The van der Waals surface area contributed by atoms with Crippen LogP contribution < -0.4 is 5.32 Å². The maximum atomic E-state index is 10.7. The van der Waals surface area contributed by atoms with Crippen LogP contribution in [0.5, 0.6) is 0 Å². The molecule has 0 aliphatic heterocycles. The topological polar surface area (TPSA) is 71.5 Å². The second kappa shape index (κ2) is 6.35. The molecule has 2 N–H and O–H groups in total. The van der Waals surface area contributed by atoms with E-state index in [1.807, 2.05) is 0 Å². The Kier molecular flexibility index (Phi) is 4.52. The van der Waals surface area contributed by atoms with Gasteiger partial charge < -0.3 is 15.2 Å². The predicted octanol–water partition coefficient (Wildman–Crippen LogP) is 2.15. The number of hydrogen-bond donors (Lipinski definition) is 2. The molecule has 0 unspecified atom stereocenters. The standard InChI is InChI=1S/C13H18N2O3/c16-13(17)11-6-3-7-12(15-11)14-8-9-18-10-4-1-2-5-10/h3,6-7,10H,1-2,4-5,8-9H2,(H,14,15)(H,16,17). The van der Waals surface area contributed by atoms with Gasteiger partial charge in [-0.2, -0.15) is 0 Å². The molecule has 5 heteroatoms. The molecular weight excluding hydrogens is 232 g/mol. The van der Waals surface area contributed by atoms with Crippen LogP contribution in [0.25, 0.3) is 0 Å². The first-order valence-corrected chi connectivity index (χ1v) is 6.31. The minimum Gasteiger partial charge on any atom is -0.477 e. The predicted molar refractivity (Wildman–Crippen MR) is 67.9 cm³/mol. The number of aromatic carboxylic acids is 1. The number of pyridine rings is 1. The zero-order valence-electron chi connectivity index (χ0n) is 10.3.